The molecule has 3 aromatic rings. The maximum Gasteiger partial charge on any atom is 0.240 e. The number of aromatic nitrogens is 3. The Kier molecular flexibility index (Phi) is 5.94. The maximum atomic E-state index is 13.2. The largest absolute Gasteiger partial charge is 0.494 e. The normalized spacial score (nSPS) is 17.7. The Bertz CT molecular complexity index is 1020. The van der Waals surface area contributed by atoms with Crippen LogP contribution in [0.15, 0.2) is 53.7 Å². The van der Waals surface area contributed by atoms with Crippen molar-refractivity contribution in [3.8, 4) is 5.75 Å². The lowest BCUT2D eigenvalue weighted by atomic mass is 10.0. The number of fused-ring (bicyclic) bond motifs is 1. The molecular weight excluding hydrogens is 398 g/mol. The van der Waals surface area contributed by atoms with Gasteiger partial charge in [-0.15, -0.1) is 10.2 Å². The van der Waals surface area contributed by atoms with Crippen molar-refractivity contribution in [2.75, 3.05) is 17.3 Å². The van der Waals surface area contributed by atoms with Gasteiger partial charge >= 0.3 is 0 Å². The van der Waals surface area contributed by atoms with E-state index in [0.29, 0.717) is 11.8 Å². The maximum absolute atomic E-state index is 13.2. The zero-order chi connectivity index (χ0) is 21.1. The van der Waals surface area contributed by atoms with Gasteiger partial charge in [0.05, 0.1) is 12.6 Å². The molecule has 2 aromatic carbocycles. The van der Waals surface area contributed by atoms with E-state index in [2.05, 4.69) is 20.9 Å². The number of ether oxygens (including phenoxy) is 1. The summed E-state index contributed by atoms with van der Waals surface area (Å²) >= 11 is 1.42. The van der Waals surface area contributed by atoms with Crippen LogP contribution in [0.25, 0.3) is 0 Å². The van der Waals surface area contributed by atoms with Crippen LogP contribution in [-0.2, 0) is 11.2 Å². The molecule has 0 fully saturated rings. The third-order valence-corrected chi connectivity index (χ3v) is 6.16. The van der Waals surface area contributed by atoms with Crippen LogP contribution < -0.4 is 15.5 Å². The van der Waals surface area contributed by atoms with Gasteiger partial charge in [-0.05, 0) is 43.7 Å². The molecule has 1 aromatic heterocycles. The Morgan fingerprint density at radius 3 is 2.53 bits per heavy atom. The number of carbonyl (C=O) groups excluding carboxylic acids is 1. The first-order valence-electron chi connectivity index (χ1n) is 10.1. The average molecular weight is 424 g/mol. The molecule has 30 heavy (non-hydrogen) atoms. The highest BCUT2D eigenvalue weighted by Gasteiger charge is 2.37. The molecule has 0 radical (unpaired) electrons. The van der Waals surface area contributed by atoms with Crippen LogP contribution in [0.1, 0.15) is 36.8 Å². The minimum atomic E-state index is -0.411. The molecule has 0 saturated carbocycles. The van der Waals surface area contributed by atoms with Gasteiger partial charge in [-0.3, -0.25) is 4.79 Å². The van der Waals surface area contributed by atoms with Crippen LogP contribution in [-0.4, -0.2) is 32.6 Å². The molecule has 4 rings (SSSR count). The van der Waals surface area contributed by atoms with Crippen molar-refractivity contribution >= 4 is 23.4 Å². The van der Waals surface area contributed by atoms with E-state index in [0.717, 1.165) is 34.8 Å². The smallest absolute Gasteiger partial charge is 0.240 e. The Labute approximate surface area is 180 Å². The SMILES string of the molecule is CCOc1ccc(C2Nn3c(CC)nnc3SC2C(=O)Nc2ccc(C)cc2)cc1. The fraction of sp³-hybridized carbons (Fsp3) is 0.318. The molecule has 0 spiro atoms. The van der Waals surface area contributed by atoms with Gasteiger partial charge in [-0.2, -0.15) is 0 Å². The number of hydrogen-bond donors (Lipinski definition) is 2. The quantitative estimate of drug-likeness (QED) is 0.625. The number of benzene rings is 2. The zero-order valence-corrected chi connectivity index (χ0v) is 18.1. The highest BCUT2D eigenvalue weighted by molar-refractivity contribution is 8.00. The molecule has 1 amide bonds. The molecule has 1 aliphatic rings. The van der Waals surface area contributed by atoms with Crippen molar-refractivity contribution in [3.63, 3.8) is 0 Å². The Morgan fingerprint density at radius 1 is 1.13 bits per heavy atom. The highest BCUT2D eigenvalue weighted by Crippen LogP contribution is 2.38. The van der Waals surface area contributed by atoms with Gasteiger partial charge in [-0.1, -0.05) is 48.5 Å². The summed E-state index contributed by atoms with van der Waals surface area (Å²) in [6, 6.07) is 15.4. The molecule has 8 heteroatoms. The Hall–Kier alpha value is -3.00. The average Bonchev–Trinajstić information content (AvgIpc) is 3.17. The van der Waals surface area contributed by atoms with Gasteiger partial charge < -0.3 is 15.5 Å². The molecular formula is C22H25N5O2S. The number of carbonyl (C=O) groups is 1. The molecule has 2 N–H and O–H groups in total. The summed E-state index contributed by atoms with van der Waals surface area (Å²) in [5, 5.41) is 11.8. The van der Waals surface area contributed by atoms with E-state index in [4.69, 9.17) is 4.74 Å². The van der Waals surface area contributed by atoms with Gasteiger partial charge in [0.15, 0.2) is 5.82 Å². The zero-order valence-electron chi connectivity index (χ0n) is 17.3. The minimum Gasteiger partial charge on any atom is -0.494 e. The summed E-state index contributed by atoms with van der Waals surface area (Å²) in [5.41, 5.74) is 6.38. The van der Waals surface area contributed by atoms with Crippen molar-refractivity contribution in [3.05, 3.63) is 65.5 Å². The first kappa shape index (κ1) is 20.3. The first-order valence-corrected chi connectivity index (χ1v) is 10.9. The molecule has 0 bridgehead atoms. The van der Waals surface area contributed by atoms with E-state index < -0.39 is 5.25 Å². The van der Waals surface area contributed by atoms with Crippen molar-refractivity contribution < 1.29 is 9.53 Å². The van der Waals surface area contributed by atoms with Crippen LogP contribution in [0, 0.1) is 6.92 Å². The number of thioether (sulfide) groups is 1. The predicted molar refractivity (Wildman–Crippen MR) is 119 cm³/mol. The summed E-state index contributed by atoms with van der Waals surface area (Å²) in [6.07, 6.45) is 0.747. The highest BCUT2D eigenvalue weighted by atomic mass is 32.2. The first-order chi connectivity index (χ1) is 14.6. The van der Waals surface area contributed by atoms with Gasteiger partial charge in [0.2, 0.25) is 11.1 Å². The van der Waals surface area contributed by atoms with Crippen molar-refractivity contribution in [1.82, 2.24) is 14.9 Å². The lowest BCUT2D eigenvalue weighted by Gasteiger charge is -2.33. The number of rotatable bonds is 6. The molecule has 2 heterocycles. The van der Waals surface area contributed by atoms with Crippen LogP contribution in [0.4, 0.5) is 5.69 Å². The molecule has 1 aliphatic heterocycles. The van der Waals surface area contributed by atoms with Gasteiger partial charge in [0.1, 0.15) is 11.0 Å². The van der Waals surface area contributed by atoms with Crippen molar-refractivity contribution in [1.29, 1.82) is 0 Å². The number of nitrogens with one attached hydrogen (secondary N) is 2. The second-order valence-electron chi connectivity index (χ2n) is 7.09. The lowest BCUT2D eigenvalue weighted by Crippen LogP contribution is -2.41. The van der Waals surface area contributed by atoms with Crippen LogP contribution in [0.2, 0.25) is 0 Å². The van der Waals surface area contributed by atoms with E-state index in [1.165, 1.54) is 11.8 Å². The number of hydrogen-bond acceptors (Lipinski definition) is 6. The van der Waals surface area contributed by atoms with E-state index >= 15 is 0 Å². The fourth-order valence-corrected chi connectivity index (χ4v) is 4.46. The second kappa shape index (κ2) is 8.79. The topological polar surface area (TPSA) is 81.1 Å². The lowest BCUT2D eigenvalue weighted by molar-refractivity contribution is -0.116. The summed E-state index contributed by atoms with van der Waals surface area (Å²) in [4.78, 5) is 13.2. The van der Waals surface area contributed by atoms with Gasteiger partial charge in [0.25, 0.3) is 0 Å². The molecule has 2 atom stereocenters. The van der Waals surface area contributed by atoms with Gasteiger partial charge in [-0.25, -0.2) is 4.68 Å². The van der Waals surface area contributed by atoms with Crippen molar-refractivity contribution in [2.45, 2.75) is 43.6 Å². The summed E-state index contributed by atoms with van der Waals surface area (Å²) < 4.78 is 7.45. The molecule has 0 saturated heterocycles. The van der Waals surface area contributed by atoms with E-state index in [-0.39, 0.29) is 11.9 Å². The number of aryl methyl sites for hydroxylation is 2. The fourth-order valence-electron chi connectivity index (χ4n) is 3.37. The monoisotopic (exact) mass is 423 g/mol. The Morgan fingerprint density at radius 2 is 1.87 bits per heavy atom. The molecule has 2 unspecified atom stereocenters. The second-order valence-corrected chi connectivity index (χ2v) is 8.20. The molecule has 7 nitrogen and oxygen atoms in total. The van der Waals surface area contributed by atoms with E-state index in [1.807, 2.05) is 74.0 Å². The van der Waals surface area contributed by atoms with E-state index in [1.54, 1.807) is 0 Å². The van der Waals surface area contributed by atoms with Crippen LogP contribution in [0.3, 0.4) is 0 Å². The van der Waals surface area contributed by atoms with Crippen LogP contribution in [0.5, 0.6) is 5.75 Å². The number of nitrogens with zero attached hydrogens (tertiary/aromatic N) is 3. The van der Waals surface area contributed by atoms with Crippen LogP contribution >= 0.6 is 11.8 Å². The predicted octanol–water partition coefficient (Wildman–Crippen LogP) is 3.95. The van der Waals surface area contributed by atoms with Gasteiger partial charge in [0, 0.05) is 12.1 Å². The van der Waals surface area contributed by atoms with E-state index in [9.17, 15) is 4.79 Å². The number of anilines is 1. The molecule has 156 valence electrons. The summed E-state index contributed by atoms with van der Waals surface area (Å²) in [5.74, 6) is 1.57. The van der Waals surface area contributed by atoms with Crippen molar-refractivity contribution in [2.24, 2.45) is 0 Å². The summed E-state index contributed by atoms with van der Waals surface area (Å²) in [6.45, 7) is 6.62. The third-order valence-electron chi connectivity index (χ3n) is 4.95. The Balaban J connectivity index is 1.64. The number of amides is 1. The minimum absolute atomic E-state index is 0.0810. The molecule has 0 aliphatic carbocycles. The standard InChI is InChI=1S/C22H25N5O2S/c1-4-18-24-25-22-27(18)26-19(15-8-12-17(13-9-15)29-5-2)20(30-22)21(28)23-16-10-6-14(3)7-11-16/h6-13,19-20,26H,4-5H2,1-3H3,(H,23,28). The summed E-state index contributed by atoms with van der Waals surface area (Å²) in [7, 11) is 0. The third kappa shape index (κ3) is 4.14.